The minimum absolute atomic E-state index is 0.154. The Morgan fingerprint density at radius 2 is 1.95 bits per heavy atom. The van der Waals surface area contributed by atoms with E-state index in [1.165, 1.54) is 0 Å². The van der Waals surface area contributed by atoms with Crippen molar-refractivity contribution in [2.45, 2.75) is 38.9 Å². The summed E-state index contributed by atoms with van der Waals surface area (Å²) in [6, 6.07) is 4.17. The van der Waals surface area contributed by atoms with Gasteiger partial charge in [0.15, 0.2) is 0 Å². The SMILES string of the molecule is CC1CC(C)(C)OB(c2ccc(N3CCN(C)CC3)nc2)O1. The molecule has 2 fully saturated rings. The van der Waals surface area contributed by atoms with Gasteiger partial charge in [-0.05, 0) is 40.3 Å². The van der Waals surface area contributed by atoms with Crippen LogP contribution in [0.25, 0.3) is 0 Å². The van der Waals surface area contributed by atoms with Crippen molar-refractivity contribution < 1.29 is 9.31 Å². The molecule has 0 N–H and O–H groups in total. The Kier molecular flexibility index (Phi) is 4.43. The number of piperazine rings is 1. The minimum atomic E-state index is -0.312. The summed E-state index contributed by atoms with van der Waals surface area (Å²) >= 11 is 0. The summed E-state index contributed by atoms with van der Waals surface area (Å²) in [5, 5.41) is 0. The first-order chi connectivity index (χ1) is 10.4. The number of pyridine rings is 1. The summed E-state index contributed by atoms with van der Waals surface area (Å²) < 4.78 is 12.0. The molecule has 120 valence electrons. The number of rotatable bonds is 2. The highest BCUT2D eigenvalue weighted by Gasteiger charge is 2.38. The zero-order chi connectivity index (χ0) is 15.7. The number of anilines is 1. The Balaban J connectivity index is 1.69. The molecule has 22 heavy (non-hydrogen) atoms. The standard InChI is InChI=1S/C16H26BN3O2/c1-13-11-16(2,3)22-17(21-13)14-5-6-15(18-12-14)20-9-7-19(4)8-10-20/h5-6,12-13H,7-11H2,1-4H3. The summed E-state index contributed by atoms with van der Waals surface area (Å²) in [6.07, 6.45) is 3.01. The molecule has 1 aromatic heterocycles. The Morgan fingerprint density at radius 3 is 2.55 bits per heavy atom. The van der Waals surface area contributed by atoms with Crippen LogP contribution in [0.5, 0.6) is 0 Å². The normalized spacial score (nSPS) is 26.3. The molecule has 5 nitrogen and oxygen atoms in total. The van der Waals surface area contributed by atoms with E-state index in [4.69, 9.17) is 9.31 Å². The van der Waals surface area contributed by atoms with Crippen LogP contribution in [-0.2, 0) is 9.31 Å². The average Bonchev–Trinajstić information content (AvgIpc) is 2.46. The maximum atomic E-state index is 6.05. The highest BCUT2D eigenvalue weighted by atomic mass is 16.6. The van der Waals surface area contributed by atoms with Crippen molar-refractivity contribution in [3.8, 4) is 0 Å². The van der Waals surface area contributed by atoms with Crippen molar-refractivity contribution in [2.24, 2.45) is 0 Å². The third-order valence-electron chi connectivity index (χ3n) is 4.43. The van der Waals surface area contributed by atoms with Crippen molar-refractivity contribution in [2.75, 3.05) is 38.1 Å². The lowest BCUT2D eigenvalue weighted by molar-refractivity contribution is -0.0229. The van der Waals surface area contributed by atoms with Crippen LogP contribution in [0.4, 0.5) is 5.82 Å². The van der Waals surface area contributed by atoms with Gasteiger partial charge in [0, 0.05) is 43.9 Å². The van der Waals surface area contributed by atoms with Crippen LogP contribution >= 0.6 is 0 Å². The third kappa shape index (κ3) is 3.62. The van der Waals surface area contributed by atoms with Crippen LogP contribution in [0.3, 0.4) is 0 Å². The molecule has 6 heteroatoms. The molecule has 2 aliphatic rings. The van der Waals surface area contributed by atoms with E-state index in [-0.39, 0.29) is 18.8 Å². The van der Waals surface area contributed by atoms with Crippen LogP contribution in [0.1, 0.15) is 27.2 Å². The van der Waals surface area contributed by atoms with Gasteiger partial charge in [-0.2, -0.15) is 0 Å². The zero-order valence-electron chi connectivity index (χ0n) is 14.1. The van der Waals surface area contributed by atoms with Gasteiger partial charge >= 0.3 is 7.12 Å². The molecular weight excluding hydrogens is 277 g/mol. The highest BCUT2D eigenvalue weighted by molar-refractivity contribution is 6.61. The monoisotopic (exact) mass is 303 g/mol. The molecule has 3 heterocycles. The lowest BCUT2D eigenvalue weighted by Crippen LogP contribution is -2.52. The molecule has 0 aliphatic carbocycles. The molecular formula is C16H26BN3O2. The van der Waals surface area contributed by atoms with E-state index in [0.717, 1.165) is 43.9 Å². The van der Waals surface area contributed by atoms with Crippen LogP contribution in [0.15, 0.2) is 18.3 Å². The van der Waals surface area contributed by atoms with Crippen molar-refractivity contribution in [3.05, 3.63) is 18.3 Å². The fourth-order valence-corrected chi connectivity index (χ4v) is 3.22. The molecule has 0 radical (unpaired) electrons. The molecule has 1 unspecified atom stereocenters. The van der Waals surface area contributed by atoms with Crippen LogP contribution < -0.4 is 10.4 Å². The first kappa shape index (κ1) is 15.8. The molecule has 1 aromatic rings. The maximum absolute atomic E-state index is 6.05. The molecule has 0 spiro atoms. The van der Waals surface area contributed by atoms with Crippen LogP contribution in [0.2, 0.25) is 0 Å². The molecule has 0 amide bonds. The van der Waals surface area contributed by atoms with Crippen LogP contribution in [0, 0.1) is 0 Å². The first-order valence-electron chi connectivity index (χ1n) is 8.16. The summed E-state index contributed by atoms with van der Waals surface area (Å²) in [6.45, 7) is 10.6. The molecule has 1 atom stereocenters. The Bertz CT molecular complexity index is 501. The number of likely N-dealkylation sites (N-methyl/N-ethyl adjacent to an activating group) is 1. The van der Waals surface area contributed by atoms with E-state index in [0.29, 0.717) is 0 Å². The number of nitrogens with zero attached hydrogens (tertiary/aromatic N) is 3. The Hall–Kier alpha value is -1.11. The lowest BCUT2D eigenvalue weighted by atomic mass is 9.76. The number of hydrogen-bond donors (Lipinski definition) is 0. The van der Waals surface area contributed by atoms with Gasteiger partial charge in [-0.15, -0.1) is 0 Å². The van der Waals surface area contributed by atoms with E-state index >= 15 is 0 Å². The van der Waals surface area contributed by atoms with Gasteiger partial charge in [0.05, 0.1) is 5.60 Å². The van der Waals surface area contributed by atoms with Gasteiger partial charge in [0.2, 0.25) is 0 Å². The van der Waals surface area contributed by atoms with E-state index < -0.39 is 0 Å². The Morgan fingerprint density at radius 1 is 1.23 bits per heavy atom. The van der Waals surface area contributed by atoms with Gasteiger partial charge in [-0.25, -0.2) is 4.98 Å². The fraction of sp³-hybridized carbons (Fsp3) is 0.688. The van der Waals surface area contributed by atoms with Crippen molar-refractivity contribution >= 4 is 18.4 Å². The predicted molar refractivity (Wildman–Crippen MR) is 89.7 cm³/mol. The van der Waals surface area contributed by atoms with E-state index in [9.17, 15) is 0 Å². The largest absolute Gasteiger partial charge is 0.496 e. The van der Waals surface area contributed by atoms with E-state index in [1.807, 2.05) is 6.20 Å². The van der Waals surface area contributed by atoms with Crippen molar-refractivity contribution in [1.29, 1.82) is 0 Å². The smallest absolute Gasteiger partial charge is 0.405 e. The lowest BCUT2D eigenvalue weighted by Gasteiger charge is -2.38. The fourth-order valence-electron chi connectivity index (χ4n) is 3.22. The zero-order valence-corrected chi connectivity index (χ0v) is 14.1. The minimum Gasteiger partial charge on any atom is -0.405 e. The molecule has 2 saturated heterocycles. The molecule has 3 rings (SSSR count). The summed E-state index contributed by atoms with van der Waals surface area (Å²) in [4.78, 5) is 9.30. The third-order valence-corrected chi connectivity index (χ3v) is 4.43. The maximum Gasteiger partial charge on any atom is 0.496 e. The highest BCUT2D eigenvalue weighted by Crippen LogP contribution is 2.25. The first-order valence-corrected chi connectivity index (χ1v) is 8.16. The van der Waals surface area contributed by atoms with E-state index in [2.05, 4.69) is 54.7 Å². The summed E-state index contributed by atoms with van der Waals surface area (Å²) in [5.41, 5.74) is 0.843. The predicted octanol–water partition coefficient (Wildman–Crippen LogP) is 1.13. The molecule has 0 aromatic carbocycles. The second-order valence-electron chi connectivity index (χ2n) is 7.10. The quantitative estimate of drug-likeness (QED) is 0.766. The average molecular weight is 303 g/mol. The molecule has 2 aliphatic heterocycles. The topological polar surface area (TPSA) is 37.8 Å². The van der Waals surface area contributed by atoms with Crippen LogP contribution in [-0.4, -0.2) is 61.9 Å². The van der Waals surface area contributed by atoms with Gasteiger partial charge in [-0.1, -0.05) is 6.07 Å². The van der Waals surface area contributed by atoms with Gasteiger partial charge in [0.1, 0.15) is 5.82 Å². The summed E-state index contributed by atoms with van der Waals surface area (Å²) in [7, 11) is 1.85. The number of hydrogen-bond acceptors (Lipinski definition) is 5. The second-order valence-corrected chi connectivity index (χ2v) is 7.10. The van der Waals surface area contributed by atoms with Crippen molar-refractivity contribution in [3.63, 3.8) is 0 Å². The van der Waals surface area contributed by atoms with Gasteiger partial charge in [0.25, 0.3) is 0 Å². The van der Waals surface area contributed by atoms with Gasteiger partial charge < -0.3 is 19.1 Å². The molecule has 0 bridgehead atoms. The number of aromatic nitrogens is 1. The van der Waals surface area contributed by atoms with Crippen molar-refractivity contribution in [1.82, 2.24) is 9.88 Å². The summed E-state index contributed by atoms with van der Waals surface area (Å²) in [5.74, 6) is 1.04. The Labute approximate surface area is 133 Å². The second kappa shape index (κ2) is 6.18. The van der Waals surface area contributed by atoms with Gasteiger partial charge in [-0.3, -0.25) is 0 Å². The van der Waals surface area contributed by atoms with E-state index in [1.54, 1.807) is 0 Å². The molecule has 0 saturated carbocycles.